The molecule has 1 fully saturated rings. The van der Waals surface area contributed by atoms with Crippen LogP contribution >= 0.6 is 0 Å². The highest BCUT2D eigenvalue weighted by Crippen LogP contribution is 2.10. The molecule has 0 atom stereocenters. The minimum atomic E-state index is -1.12. The number of urea groups is 1. The predicted molar refractivity (Wildman–Crippen MR) is 69.4 cm³/mol. The number of carboxylic acid groups (broad SMARTS) is 1. The molecule has 0 saturated carbocycles. The van der Waals surface area contributed by atoms with Crippen molar-refractivity contribution in [1.82, 2.24) is 15.2 Å². The molecule has 1 aromatic heterocycles. The molecule has 20 heavy (non-hydrogen) atoms. The topological polar surface area (TPSA) is 112 Å². The van der Waals surface area contributed by atoms with Gasteiger partial charge in [-0.05, 0) is 12.5 Å². The van der Waals surface area contributed by atoms with E-state index in [4.69, 9.17) is 5.11 Å². The van der Waals surface area contributed by atoms with Crippen LogP contribution in [-0.2, 0) is 4.79 Å². The van der Waals surface area contributed by atoms with Crippen LogP contribution < -0.4 is 10.6 Å². The van der Waals surface area contributed by atoms with Gasteiger partial charge in [-0.3, -0.25) is 9.78 Å². The van der Waals surface area contributed by atoms with Gasteiger partial charge in [-0.2, -0.15) is 0 Å². The smallest absolute Gasteiger partial charge is 0.337 e. The average Bonchev–Trinajstić information content (AvgIpc) is 2.63. The van der Waals surface area contributed by atoms with Crippen molar-refractivity contribution in [2.45, 2.75) is 6.42 Å². The Kier molecular flexibility index (Phi) is 4.14. The van der Waals surface area contributed by atoms with Gasteiger partial charge in [0.1, 0.15) is 6.54 Å². The Morgan fingerprint density at radius 1 is 1.40 bits per heavy atom. The number of pyridine rings is 1. The highest BCUT2D eigenvalue weighted by molar-refractivity contribution is 5.94. The van der Waals surface area contributed by atoms with Gasteiger partial charge in [0, 0.05) is 19.3 Å². The van der Waals surface area contributed by atoms with Crippen molar-refractivity contribution in [3.05, 3.63) is 24.0 Å². The molecule has 1 saturated heterocycles. The molecular weight excluding hydrogens is 264 g/mol. The summed E-state index contributed by atoms with van der Waals surface area (Å²) >= 11 is 0. The Bertz CT molecular complexity index is 546. The third-order valence-corrected chi connectivity index (χ3v) is 2.79. The first-order chi connectivity index (χ1) is 9.56. The van der Waals surface area contributed by atoms with Crippen molar-refractivity contribution in [1.29, 1.82) is 0 Å². The van der Waals surface area contributed by atoms with E-state index in [2.05, 4.69) is 15.6 Å². The van der Waals surface area contributed by atoms with Crippen LogP contribution in [0.1, 0.15) is 16.8 Å². The first kappa shape index (κ1) is 13.8. The fraction of sp³-hybridized carbons (Fsp3) is 0.333. The minimum Gasteiger partial charge on any atom is -0.478 e. The summed E-state index contributed by atoms with van der Waals surface area (Å²) in [5.74, 6) is -1.34. The second kappa shape index (κ2) is 6.00. The maximum atomic E-state index is 12.0. The van der Waals surface area contributed by atoms with Crippen LogP contribution in [0.2, 0.25) is 0 Å². The van der Waals surface area contributed by atoms with Gasteiger partial charge < -0.3 is 20.6 Å². The number of carbonyl (C=O) groups is 3. The van der Waals surface area contributed by atoms with E-state index >= 15 is 0 Å². The molecule has 8 nitrogen and oxygen atoms in total. The molecule has 0 radical (unpaired) electrons. The molecule has 1 aliphatic heterocycles. The fourth-order valence-corrected chi connectivity index (χ4v) is 1.81. The van der Waals surface area contributed by atoms with Crippen molar-refractivity contribution < 1.29 is 19.5 Å². The van der Waals surface area contributed by atoms with E-state index in [0.717, 1.165) is 0 Å². The molecule has 3 amide bonds. The van der Waals surface area contributed by atoms with Gasteiger partial charge in [0.05, 0.1) is 17.4 Å². The third kappa shape index (κ3) is 3.44. The van der Waals surface area contributed by atoms with Crippen molar-refractivity contribution >= 4 is 23.6 Å². The monoisotopic (exact) mass is 278 g/mol. The number of rotatable bonds is 2. The Hall–Kier alpha value is -2.64. The Morgan fingerprint density at radius 2 is 2.20 bits per heavy atom. The molecule has 106 valence electrons. The molecule has 8 heteroatoms. The number of anilines is 1. The molecule has 0 spiro atoms. The summed E-state index contributed by atoms with van der Waals surface area (Å²) in [4.78, 5) is 39.3. The van der Waals surface area contributed by atoms with Gasteiger partial charge in [-0.1, -0.05) is 0 Å². The highest BCUT2D eigenvalue weighted by atomic mass is 16.4. The number of hydrogen-bond donors (Lipinski definition) is 3. The summed E-state index contributed by atoms with van der Waals surface area (Å²) in [6.45, 7) is 0.979. The summed E-state index contributed by atoms with van der Waals surface area (Å²) in [5.41, 5.74) is 0.260. The Balaban J connectivity index is 2.05. The van der Waals surface area contributed by atoms with Crippen molar-refractivity contribution in [3.8, 4) is 0 Å². The summed E-state index contributed by atoms with van der Waals surface area (Å²) in [6.07, 6.45) is 3.21. The van der Waals surface area contributed by atoms with Crippen LogP contribution in [0.5, 0.6) is 0 Å². The lowest BCUT2D eigenvalue weighted by molar-refractivity contribution is -0.120. The molecule has 2 rings (SSSR count). The molecule has 0 bridgehead atoms. The van der Waals surface area contributed by atoms with Gasteiger partial charge in [-0.25, -0.2) is 9.59 Å². The van der Waals surface area contributed by atoms with Gasteiger partial charge in [0.15, 0.2) is 0 Å². The first-order valence-electron chi connectivity index (χ1n) is 6.07. The van der Waals surface area contributed by atoms with E-state index in [1.54, 1.807) is 0 Å². The lowest BCUT2D eigenvalue weighted by Gasteiger charge is -2.19. The van der Waals surface area contributed by atoms with E-state index in [9.17, 15) is 14.4 Å². The zero-order valence-electron chi connectivity index (χ0n) is 10.6. The van der Waals surface area contributed by atoms with Crippen LogP contribution in [0.4, 0.5) is 10.5 Å². The van der Waals surface area contributed by atoms with Crippen LogP contribution in [0.25, 0.3) is 0 Å². The van der Waals surface area contributed by atoms with Gasteiger partial charge in [0.25, 0.3) is 0 Å². The normalized spacial score (nSPS) is 15.2. The zero-order valence-corrected chi connectivity index (χ0v) is 10.6. The summed E-state index contributed by atoms with van der Waals surface area (Å²) < 4.78 is 0. The quantitative estimate of drug-likeness (QED) is 0.712. The molecule has 0 aliphatic carbocycles. The number of amides is 3. The number of nitrogens with one attached hydrogen (secondary N) is 2. The summed E-state index contributed by atoms with van der Waals surface area (Å²) in [6, 6.07) is 0.858. The maximum absolute atomic E-state index is 12.0. The number of nitrogens with zero attached hydrogens (tertiary/aromatic N) is 2. The number of carboxylic acids is 1. The lowest BCUT2D eigenvalue weighted by Crippen LogP contribution is -2.39. The predicted octanol–water partition coefficient (Wildman–Crippen LogP) is 0.134. The highest BCUT2D eigenvalue weighted by Gasteiger charge is 2.19. The van der Waals surface area contributed by atoms with Crippen LogP contribution in [0.15, 0.2) is 18.5 Å². The van der Waals surface area contributed by atoms with E-state index in [-0.39, 0.29) is 23.7 Å². The lowest BCUT2D eigenvalue weighted by atomic mass is 10.2. The van der Waals surface area contributed by atoms with Crippen molar-refractivity contribution in [3.63, 3.8) is 0 Å². The van der Waals surface area contributed by atoms with E-state index in [0.29, 0.717) is 19.5 Å². The van der Waals surface area contributed by atoms with Crippen LogP contribution in [0.3, 0.4) is 0 Å². The largest absolute Gasteiger partial charge is 0.478 e. The molecule has 0 aromatic carbocycles. The summed E-state index contributed by atoms with van der Waals surface area (Å²) in [5, 5.41) is 14.1. The molecule has 2 heterocycles. The Morgan fingerprint density at radius 3 is 2.95 bits per heavy atom. The average molecular weight is 278 g/mol. The second-order valence-corrected chi connectivity index (χ2v) is 4.32. The van der Waals surface area contributed by atoms with Crippen LogP contribution in [0, 0.1) is 0 Å². The third-order valence-electron chi connectivity index (χ3n) is 2.79. The molecule has 1 aromatic rings. The van der Waals surface area contributed by atoms with E-state index in [1.807, 2.05) is 0 Å². The minimum absolute atomic E-state index is 0.0160. The standard InChI is InChI=1S/C12H14N4O4/c17-10-7-16(3-1-2-14-10)12(20)15-9-4-8(11(18)19)5-13-6-9/h4-6H,1-3,7H2,(H,14,17)(H,15,20)(H,18,19). The van der Waals surface area contributed by atoms with Gasteiger partial charge in [0.2, 0.25) is 5.91 Å². The molecule has 1 aliphatic rings. The van der Waals surface area contributed by atoms with Crippen molar-refractivity contribution in [2.75, 3.05) is 25.0 Å². The SMILES string of the molecule is O=C1CN(C(=O)Nc2cncc(C(=O)O)c2)CCCN1. The molecular formula is C12H14N4O4. The summed E-state index contributed by atoms with van der Waals surface area (Å²) in [7, 11) is 0. The van der Waals surface area contributed by atoms with E-state index in [1.165, 1.54) is 23.4 Å². The maximum Gasteiger partial charge on any atom is 0.337 e. The second-order valence-electron chi connectivity index (χ2n) is 4.32. The Labute approximate surface area is 114 Å². The zero-order chi connectivity index (χ0) is 14.5. The van der Waals surface area contributed by atoms with Gasteiger partial charge >= 0.3 is 12.0 Å². The van der Waals surface area contributed by atoms with E-state index < -0.39 is 12.0 Å². The molecule has 0 unspecified atom stereocenters. The first-order valence-corrected chi connectivity index (χ1v) is 6.07. The van der Waals surface area contributed by atoms with Crippen LogP contribution in [-0.4, -0.2) is 52.5 Å². The number of aromatic nitrogens is 1. The van der Waals surface area contributed by atoms with Gasteiger partial charge in [-0.15, -0.1) is 0 Å². The fourth-order valence-electron chi connectivity index (χ4n) is 1.81. The number of hydrogen-bond acceptors (Lipinski definition) is 4. The van der Waals surface area contributed by atoms with Crippen molar-refractivity contribution in [2.24, 2.45) is 0 Å². The number of aromatic carboxylic acids is 1. The number of carbonyl (C=O) groups excluding carboxylic acids is 2. The molecule has 3 N–H and O–H groups in total.